The summed E-state index contributed by atoms with van der Waals surface area (Å²) < 4.78 is 10.1. The lowest BCUT2D eigenvalue weighted by Crippen LogP contribution is -2.02. The molecule has 0 saturated heterocycles. The van der Waals surface area contributed by atoms with Gasteiger partial charge in [-0.15, -0.1) is 0 Å². The maximum absolute atomic E-state index is 10.8. The summed E-state index contributed by atoms with van der Waals surface area (Å²) >= 11 is 0. The van der Waals surface area contributed by atoms with Crippen LogP contribution in [0.1, 0.15) is 45.4 Å². The number of ether oxygens (including phenoxy) is 1. The van der Waals surface area contributed by atoms with Gasteiger partial charge < -0.3 is 9.16 Å². The monoisotopic (exact) mass is 218 g/mol. The predicted octanol–water partition coefficient (Wildman–Crippen LogP) is 1.19. The molecule has 3 nitrogen and oxygen atoms in total. The highest BCUT2D eigenvalue weighted by Gasteiger charge is 1.98. The van der Waals surface area contributed by atoms with Crippen molar-refractivity contribution in [2.24, 2.45) is 0 Å². The van der Waals surface area contributed by atoms with Gasteiger partial charge in [-0.3, -0.25) is 4.79 Å². The molecule has 4 heteroatoms. The van der Waals surface area contributed by atoms with Crippen LogP contribution in [0.15, 0.2) is 0 Å². The van der Waals surface area contributed by atoms with E-state index in [2.05, 4.69) is 11.3 Å². The normalized spacial score (nSPS) is 10.4. The Morgan fingerprint density at radius 2 is 1.79 bits per heavy atom. The third-order valence-corrected chi connectivity index (χ3v) is 2.49. The molecule has 0 amide bonds. The molecule has 0 spiro atoms. The van der Waals surface area contributed by atoms with Gasteiger partial charge in [0.15, 0.2) is 0 Å². The number of hydrogen-bond donors (Lipinski definition) is 0. The molecule has 0 saturated carbocycles. The maximum Gasteiger partial charge on any atom is 0.291 e. The molecule has 0 rings (SSSR count). The van der Waals surface area contributed by atoms with Crippen LogP contribution in [0.4, 0.5) is 0 Å². The molecule has 0 unspecified atom stereocenters. The summed E-state index contributed by atoms with van der Waals surface area (Å²) in [5.74, 6) is -0.0670. The molecule has 0 aromatic heterocycles. The minimum absolute atomic E-state index is 0.0670. The van der Waals surface area contributed by atoms with E-state index in [0.29, 0.717) is 16.9 Å². The lowest BCUT2D eigenvalue weighted by Gasteiger charge is -2.03. The minimum Gasteiger partial charge on any atom is -0.529 e. The van der Waals surface area contributed by atoms with Crippen molar-refractivity contribution in [3.63, 3.8) is 0 Å². The molecule has 0 heterocycles. The summed E-state index contributed by atoms with van der Waals surface area (Å²) in [6.07, 6.45) is 6.01. The van der Waals surface area contributed by atoms with E-state index in [1.54, 1.807) is 0 Å². The van der Waals surface area contributed by atoms with Gasteiger partial charge in [0.1, 0.15) is 0 Å². The molecular weight excluding hydrogens is 196 g/mol. The molecule has 84 valence electrons. The van der Waals surface area contributed by atoms with Gasteiger partial charge in [-0.05, 0) is 19.3 Å². The summed E-state index contributed by atoms with van der Waals surface area (Å²) in [6, 6.07) is 0. The molecule has 0 aliphatic rings. The van der Waals surface area contributed by atoms with Gasteiger partial charge in [-0.2, -0.15) is 0 Å². The highest BCUT2D eigenvalue weighted by molar-refractivity contribution is 6.05. The van der Waals surface area contributed by atoms with Crippen LogP contribution in [0.5, 0.6) is 0 Å². The zero-order chi connectivity index (χ0) is 10.6. The van der Waals surface area contributed by atoms with Crippen molar-refractivity contribution in [2.45, 2.75) is 45.4 Å². The van der Waals surface area contributed by atoms with E-state index in [1.807, 2.05) is 0 Å². The molecular formula is C10H22O3Si. The van der Waals surface area contributed by atoms with E-state index >= 15 is 0 Å². The highest BCUT2D eigenvalue weighted by atomic mass is 28.2. The van der Waals surface area contributed by atoms with E-state index in [0.717, 1.165) is 32.5 Å². The van der Waals surface area contributed by atoms with Crippen LogP contribution in [0.25, 0.3) is 0 Å². The third-order valence-electron chi connectivity index (χ3n) is 2.04. The lowest BCUT2D eigenvalue weighted by atomic mass is 10.2. The summed E-state index contributed by atoms with van der Waals surface area (Å²) in [5, 5.41) is 0. The highest BCUT2D eigenvalue weighted by Crippen LogP contribution is 1.99. The molecule has 14 heavy (non-hydrogen) atoms. The van der Waals surface area contributed by atoms with Gasteiger partial charge in [0, 0.05) is 19.6 Å². The number of carbonyl (C=O) groups excluding carboxylic acids is 1. The van der Waals surface area contributed by atoms with Crippen LogP contribution < -0.4 is 0 Å². The van der Waals surface area contributed by atoms with Crippen LogP contribution in [0.2, 0.25) is 0 Å². The molecule has 0 fully saturated rings. The van der Waals surface area contributed by atoms with Crippen molar-refractivity contribution < 1.29 is 14.0 Å². The average molecular weight is 218 g/mol. The summed E-state index contributed by atoms with van der Waals surface area (Å²) in [4.78, 5) is 10.8. The lowest BCUT2D eigenvalue weighted by molar-refractivity contribution is -0.134. The van der Waals surface area contributed by atoms with Crippen LogP contribution in [-0.4, -0.2) is 29.7 Å². The largest absolute Gasteiger partial charge is 0.529 e. The second-order valence-corrected chi connectivity index (χ2v) is 3.76. The Bertz CT molecular complexity index is 139. The Kier molecular flexibility index (Phi) is 10.5. The van der Waals surface area contributed by atoms with Crippen LogP contribution >= 0.6 is 0 Å². The smallest absolute Gasteiger partial charge is 0.291 e. The fraction of sp³-hybridized carbons (Fsp3) is 0.900. The molecule has 0 aliphatic heterocycles. The fourth-order valence-electron chi connectivity index (χ4n) is 1.13. The van der Waals surface area contributed by atoms with Crippen molar-refractivity contribution in [1.82, 2.24) is 0 Å². The van der Waals surface area contributed by atoms with Crippen molar-refractivity contribution >= 4 is 16.5 Å². The van der Waals surface area contributed by atoms with Crippen molar-refractivity contribution in [3.8, 4) is 0 Å². The van der Waals surface area contributed by atoms with Crippen LogP contribution in [0.3, 0.4) is 0 Å². The number of carbonyl (C=O) groups is 1. The van der Waals surface area contributed by atoms with E-state index in [4.69, 9.17) is 4.74 Å². The first-order valence-corrected chi connectivity index (χ1v) is 6.27. The molecule has 0 aromatic rings. The van der Waals surface area contributed by atoms with Gasteiger partial charge in [0.05, 0.1) is 0 Å². The SMILES string of the molecule is CCCCCOCCCCC(=O)O[SiH3]. The first-order chi connectivity index (χ1) is 6.81. The Labute approximate surface area is 89.7 Å². The van der Waals surface area contributed by atoms with E-state index in [-0.39, 0.29) is 5.97 Å². The topological polar surface area (TPSA) is 35.5 Å². The second-order valence-electron chi connectivity index (χ2n) is 3.35. The zero-order valence-corrected chi connectivity index (χ0v) is 11.4. The molecule has 0 radical (unpaired) electrons. The minimum atomic E-state index is -0.0670. The number of hydrogen-bond acceptors (Lipinski definition) is 3. The Hall–Kier alpha value is -0.353. The number of unbranched alkanes of at least 4 members (excludes halogenated alkanes) is 3. The van der Waals surface area contributed by atoms with Gasteiger partial charge in [0.25, 0.3) is 5.97 Å². The van der Waals surface area contributed by atoms with Gasteiger partial charge >= 0.3 is 0 Å². The Morgan fingerprint density at radius 1 is 1.14 bits per heavy atom. The van der Waals surface area contributed by atoms with E-state index < -0.39 is 0 Å². The predicted molar refractivity (Wildman–Crippen MR) is 60.2 cm³/mol. The molecule has 0 N–H and O–H groups in total. The first kappa shape index (κ1) is 13.6. The molecule has 0 aliphatic carbocycles. The Balaban J connectivity index is 2.95. The van der Waals surface area contributed by atoms with Crippen LogP contribution in [0, 0.1) is 0 Å². The van der Waals surface area contributed by atoms with Gasteiger partial charge in [0.2, 0.25) is 10.5 Å². The van der Waals surface area contributed by atoms with Gasteiger partial charge in [-0.1, -0.05) is 19.8 Å². The molecule has 0 bridgehead atoms. The Morgan fingerprint density at radius 3 is 2.36 bits per heavy atom. The quantitative estimate of drug-likeness (QED) is 0.431. The number of rotatable bonds is 9. The fourth-order valence-corrected chi connectivity index (χ4v) is 1.34. The van der Waals surface area contributed by atoms with Crippen LogP contribution in [-0.2, 0) is 14.0 Å². The summed E-state index contributed by atoms with van der Waals surface area (Å²) in [7, 11) is 0.513. The van der Waals surface area contributed by atoms with Crippen molar-refractivity contribution in [3.05, 3.63) is 0 Å². The molecule has 0 aromatic carbocycles. The first-order valence-electron chi connectivity index (χ1n) is 5.45. The maximum atomic E-state index is 10.8. The van der Waals surface area contributed by atoms with Crippen molar-refractivity contribution in [2.75, 3.05) is 13.2 Å². The van der Waals surface area contributed by atoms with Crippen molar-refractivity contribution in [1.29, 1.82) is 0 Å². The molecule has 0 atom stereocenters. The van der Waals surface area contributed by atoms with Gasteiger partial charge in [-0.25, -0.2) is 0 Å². The standard InChI is InChI=1S/C10H22O3Si/c1-2-3-5-8-12-9-6-4-7-10(11)13-14/h2-9H2,1,14H3. The summed E-state index contributed by atoms with van der Waals surface area (Å²) in [6.45, 7) is 3.82. The van der Waals surface area contributed by atoms with E-state index in [1.165, 1.54) is 12.8 Å². The second kappa shape index (κ2) is 10.7. The van der Waals surface area contributed by atoms with E-state index in [9.17, 15) is 4.79 Å². The average Bonchev–Trinajstić information content (AvgIpc) is 2.21. The zero-order valence-electron chi connectivity index (χ0n) is 9.38. The summed E-state index contributed by atoms with van der Waals surface area (Å²) in [5.41, 5.74) is 0. The third kappa shape index (κ3) is 9.73.